The van der Waals surface area contributed by atoms with Crippen LogP contribution in [0.15, 0.2) is 48.5 Å². The largest absolute Gasteiger partial charge is 0.490 e. The van der Waals surface area contributed by atoms with Gasteiger partial charge in [-0.25, -0.2) is 0 Å². The van der Waals surface area contributed by atoms with Gasteiger partial charge in [0.05, 0.1) is 27.1 Å². The second-order valence-electron chi connectivity index (χ2n) is 9.04. The van der Waals surface area contributed by atoms with Gasteiger partial charge in [0.25, 0.3) is 0 Å². The molecule has 0 spiro atoms. The number of aromatic amines is 2. The minimum absolute atomic E-state index is 0.246. The van der Waals surface area contributed by atoms with Gasteiger partial charge >= 0.3 is 0 Å². The molecular formula is C26H28Cl2N4O2. The van der Waals surface area contributed by atoms with Crippen LogP contribution in [0, 0.1) is 6.92 Å². The van der Waals surface area contributed by atoms with Crippen LogP contribution in [0.2, 0.25) is 10.0 Å². The zero-order valence-electron chi connectivity index (χ0n) is 19.0. The number of rotatable bonds is 7. The molecule has 0 unspecified atom stereocenters. The topological polar surface area (TPSA) is 77.2 Å². The maximum Gasteiger partial charge on any atom is 0.128 e. The Morgan fingerprint density at radius 2 is 1.91 bits per heavy atom. The Labute approximate surface area is 208 Å². The van der Waals surface area contributed by atoms with Crippen LogP contribution < -0.4 is 4.74 Å². The molecule has 1 aliphatic rings. The molecule has 8 heteroatoms. The molecule has 0 amide bonds. The molecule has 0 aliphatic carbocycles. The second-order valence-corrected chi connectivity index (χ2v) is 9.85. The van der Waals surface area contributed by atoms with Crippen molar-refractivity contribution in [3.8, 4) is 17.1 Å². The van der Waals surface area contributed by atoms with Gasteiger partial charge in [0.2, 0.25) is 0 Å². The summed E-state index contributed by atoms with van der Waals surface area (Å²) in [5, 5.41) is 20.1. The fourth-order valence-electron chi connectivity index (χ4n) is 4.71. The molecule has 1 atom stereocenters. The minimum Gasteiger partial charge on any atom is -0.490 e. The highest BCUT2D eigenvalue weighted by molar-refractivity contribution is 6.42. The number of aliphatic hydroxyl groups is 1. The summed E-state index contributed by atoms with van der Waals surface area (Å²) in [6, 6.07) is 15.9. The molecule has 34 heavy (non-hydrogen) atoms. The standard InChI is InChI=1S/C26H28Cl2N4O2/c1-16-11-25(31-30-16)24-13-20-23(29-24)3-2-4-26(20)34-15-19(33)14-32-9-7-17(8-10-32)18-5-6-21(27)22(28)12-18/h2-6,11-13,17,19,29,33H,7-10,14-15H2,1H3,(H,30,31)/t19-/m0/s1. The number of nitrogens with zero attached hydrogens (tertiary/aromatic N) is 2. The summed E-state index contributed by atoms with van der Waals surface area (Å²) in [7, 11) is 0. The number of benzene rings is 2. The number of β-amino-alcohol motifs (C(OH)–C–C–N with tert-alkyl or cyclic N) is 1. The van der Waals surface area contributed by atoms with Crippen LogP contribution in [-0.2, 0) is 0 Å². The average molecular weight is 499 g/mol. The van der Waals surface area contributed by atoms with E-state index in [1.807, 2.05) is 43.3 Å². The highest BCUT2D eigenvalue weighted by Crippen LogP contribution is 2.33. The van der Waals surface area contributed by atoms with Gasteiger partial charge in [-0.3, -0.25) is 5.10 Å². The van der Waals surface area contributed by atoms with E-state index in [0.717, 1.165) is 59.7 Å². The average Bonchev–Trinajstić information content (AvgIpc) is 3.46. The zero-order valence-corrected chi connectivity index (χ0v) is 20.5. The zero-order chi connectivity index (χ0) is 23.7. The summed E-state index contributed by atoms with van der Waals surface area (Å²) in [6.45, 7) is 4.66. The van der Waals surface area contributed by atoms with E-state index >= 15 is 0 Å². The van der Waals surface area contributed by atoms with Crippen LogP contribution in [0.4, 0.5) is 0 Å². The van der Waals surface area contributed by atoms with Crippen molar-refractivity contribution >= 4 is 34.1 Å². The third-order valence-electron chi connectivity index (χ3n) is 6.52. The number of piperidine rings is 1. The summed E-state index contributed by atoms with van der Waals surface area (Å²) < 4.78 is 6.04. The number of hydrogen-bond donors (Lipinski definition) is 3. The van der Waals surface area contributed by atoms with Gasteiger partial charge < -0.3 is 19.7 Å². The quantitative estimate of drug-likeness (QED) is 0.301. The van der Waals surface area contributed by atoms with E-state index in [1.165, 1.54) is 5.56 Å². The first-order chi connectivity index (χ1) is 16.5. The second kappa shape index (κ2) is 10.0. The molecule has 2 aromatic heterocycles. The smallest absolute Gasteiger partial charge is 0.128 e. The van der Waals surface area contributed by atoms with Crippen molar-refractivity contribution in [1.82, 2.24) is 20.1 Å². The molecule has 5 rings (SSSR count). The molecule has 0 radical (unpaired) electrons. The predicted molar refractivity (Wildman–Crippen MR) is 137 cm³/mol. The molecule has 3 heterocycles. The first-order valence-corrected chi connectivity index (χ1v) is 12.3. The number of H-pyrrole nitrogens is 2. The lowest BCUT2D eigenvalue weighted by Crippen LogP contribution is -2.40. The first kappa shape index (κ1) is 23.2. The summed E-state index contributed by atoms with van der Waals surface area (Å²) in [5.41, 5.74) is 5.05. The molecule has 4 aromatic rings. The molecule has 178 valence electrons. The molecule has 1 saturated heterocycles. The number of fused-ring (bicyclic) bond motifs is 1. The van der Waals surface area contributed by atoms with E-state index in [4.69, 9.17) is 27.9 Å². The lowest BCUT2D eigenvalue weighted by Gasteiger charge is -2.33. The lowest BCUT2D eigenvalue weighted by molar-refractivity contribution is 0.0599. The van der Waals surface area contributed by atoms with Gasteiger partial charge in [-0.1, -0.05) is 35.3 Å². The number of nitrogens with one attached hydrogen (secondary N) is 2. The van der Waals surface area contributed by atoms with Crippen LogP contribution in [0.5, 0.6) is 5.75 Å². The fraction of sp³-hybridized carbons (Fsp3) is 0.346. The lowest BCUT2D eigenvalue weighted by atomic mass is 9.89. The van der Waals surface area contributed by atoms with Crippen LogP contribution in [-0.4, -0.2) is 57.5 Å². The third kappa shape index (κ3) is 5.10. The Morgan fingerprint density at radius 1 is 1.09 bits per heavy atom. The minimum atomic E-state index is -0.564. The van der Waals surface area contributed by atoms with Crippen molar-refractivity contribution in [2.75, 3.05) is 26.2 Å². The van der Waals surface area contributed by atoms with E-state index < -0.39 is 6.10 Å². The normalized spacial score (nSPS) is 16.2. The number of hydrogen-bond acceptors (Lipinski definition) is 4. The Kier molecular flexibility index (Phi) is 6.84. The van der Waals surface area contributed by atoms with E-state index in [-0.39, 0.29) is 6.61 Å². The number of halogens is 2. The van der Waals surface area contributed by atoms with Crippen LogP contribution in [0.25, 0.3) is 22.3 Å². The Hall–Kier alpha value is -2.51. The molecule has 1 aliphatic heterocycles. The molecule has 0 bridgehead atoms. The van der Waals surface area contributed by atoms with Crippen LogP contribution in [0.3, 0.4) is 0 Å². The van der Waals surface area contributed by atoms with Crippen molar-refractivity contribution in [3.05, 3.63) is 69.8 Å². The first-order valence-electron chi connectivity index (χ1n) is 11.6. The number of ether oxygens (including phenoxy) is 1. The van der Waals surface area contributed by atoms with Gasteiger partial charge in [-0.15, -0.1) is 0 Å². The number of aryl methyl sites for hydroxylation is 1. The molecule has 1 fully saturated rings. The number of aliphatic hydroxyl groups excluding tert-OH is 1. The Bertz CT molecular complexity index is 1280. The number of aromatic nitrogens is 3. The van der Waals surface area contributed by atoms with Crippen LogP contribution >= 0.6 is 23.2 Å². The SMILES string of the molecule is Cc1cc(-c2cc3c(OC[C@@H](O)CN4CCC(c5ccc(Cl)c(Cl)c5)CC4)cccc3[nH]2)[nH]n1. The van der Waals surface area contributed by atoms with E-state index in [2.05, 4.69) is 32.2 Å². The van der Waals surface area contributed by atoms with Crippen molar-refractivity contribution in [2.45, 2.75) is 31.8 Å². The summed E-state index contributed by atoms with van der Waals surface area (Å²) >= 11 is 12.2. The van der Waals surface area contributed by atoms with E-state index in [0.29, 0.717) is 22.5 Å². The molecule has 2 aromatic carbocycles. The van der Waals surface area contributed by atoms with Gasteiger partial charge in [0.1, 0.15) is 18.5 Å². The third-order valence-corrected chi connectivity index (χ3v) is 7.26. The molecule has 6 nitrogen and oxygen atoms in total. The van der Waals surface area contributed by atoms with Crippen LogP contribution in [0.1, 0.15) is 30.0 Å². The maximum atomic E-state index is 10.7. The monoisotopic (exact) mass is 498 g/mol. The summed E-state index contributed by atoms with van der Waals surface area (Å²) in [5.74, 6) is 1.23. The van der Waals surface area contributed by atoms with Crippen molar-refractivity contribution in [1.29, 1.82) is 0 Å². The fourth-order valence-corrected chi connectivity index (χ4v) is 5.02. The van der Waals surface area contributed by atoms with Crippen molar-refractivity contribution in [3.63, 3.8) is 0 Å². The van der Waals surface area contributed by atoms with Crippen molar-refractivity contribution in [2.24, 2.45) is 0 Å². The van der Waals surface area contributed by atoms with Gasteiger partial charge in [0, 0.05) is 17.4 Å². The predicted octanol–water partition coefficient (Wildman–Crippen LogP) is 5.79. The van der Waals surface area contributed by atoms with E-state index in [1.54, 1.807) is 0 Å². The molecule has 3 N–H and O–H groups in total. The highest BCUT2D eigenvalue weighted by atomic mass is 35.5. The summed E-state index contributed by atoms with van der Waals surface area (Å²) in [4.78, 5) is 5.71. The van der Waals surface area contributed by atoms with Gasteiger partial charge in [-0.05, 0) is 80.7 Å². The number of likely N-dealkylation sites (tertiary alicyclic amines) is 1. The Balaban J connectivity index is 1.16. The summed E-state index contributed by atoms with van der Waals surface area (Å²) in [6.07, 6.45) is 1.50. The molecule has 0 saturated carbocycles. The Morgan fingerprint density at radius 3 is 2.65 bits per heavy atom. The maximum absolute atomic E-state index is 10.7. The van der Waals surface area contributed by atoms with Gasteiger partial charge in [-0.2, -0.15) is 5.10 Å². The van der Waals surface area contributed by atoms with Gasteiger partial charge in [0.15, 0.2) is 0 Å². The van der Waals surface area contributed by atoms with Crippen molar-refractivity contribution < 1.29 is 9.84 Å². The molecular weight excluding hydrogens is 471 g/mol. The highest BCUT2D eigenvalue weighted by Gasteiger charge is 2.23. The van der Waals surface area contributed by atoms with E-state index in [9.17, 15) is 5.11 Å².